The summed E-state index contributed by atoms with van der Waals surface area (Å²) in [6.07, 6.45) is 0. The highest BCUT2D eigenvalue weighted by molar-refractivity contribution is 7.93. The zero-order chi connectivity index (χ0) is 17.3. The molecule has 0 saturated carbocycles. The molecule has 0 fully saturated rings. The van der Waals surface area contributed by atoms with E-state index in [9.17, 15) is 16.8 Å². The summed E-state index contributed by atoms with van der Waals surface area (Å²) >= 11 is 0. The highest BCUT2D eigenvalue weighted by atomic mass is 32.2. The lowest BCUT2D eigenvalue weighted by Gasteiger charge is -2.13. The largest absolute Gasteiger partial charge is 0.492 e. The van der Waals surface area contributed by atoms with Crippen LogP contribution in [0.5, 0.6) is 5.75 Å². The molecule has 2 rings (SSSR count). The third kappa shape index (κ3) is 3.46. The SMILES string of the molecule is CCOc1ccc(N)cc1S(=O)(=O)c1ccccc1S(N)(=O)=O. The Kier molecular flexibility index (Phi) is 4.64. The van der Waals surface area contributed by atoms with Crippen LogP contribution in [-0.4, -0.2) is 23.4 Å². The highest BCUT2D eigenvalue weighted by Crippen LogP contribution is 2.33. The topological polar surface area (TPSA) is 130 Å². The Balaban J connectivity index is 2.77. The number of ether oxygens (including phenoxy) is 1. The molecule has 0 heterocycles. The maximum atomic E-state index is 12.9. The van der Waals surface area contributed by atoms with E-state index >= 15 is 0 Å². The van der Waals surface area contributed by atoms with Crippen molar-refractivity contribution in [2.45, 2.75) is 21.6 Å². The van der Waals surface area contributed by atoms with E-state index in [0.29, 0.717) is 0 Å². The van der Waals surface area contributed by atoms with E-state index in [1.54, 1.807) is 6.92 Å². The van der Waals surface area contributed by atoms with Crippen LogP contribution in [0.1, 0.15) is 6.92 Å². The van der Waals surface area contributed by atoms with Gasteiger partial charge in [-0.3, -0.25) is 0 Å². The third-order valence-corrected chi connectivity index (χ3v) is 5.93. The second kappa shape index (κ2) is 6.19. The number of primary sulfonamides is 1. The molecule has 0 spiro atoms. The number of sulfone groups is 1. The molecule has 0 atom stereocenters. The first-order chi connectivity index (χ1) is 10.7. The van der Waals surface area contributed by atoms with Gasteiger partial charge >= 0.3 is 0 Å². The van der Waals surface area contributed by atoms with Gasteiger partial charge in [0, 0.05) is 5.69 Å². The summed E-state index contributed by atoms with van der Waals surface area (Å²) in [4.78, 5) is -1.12. The van der Waals surface area contributed by atoms with Crippen molar-refractivity contribution in [3.63, 3.8) is 0 Å². The second-order valence-corrected chi connectivity index (χ2v) is 8.05. The predicted octanol–water partition coefficient (Wildman–Crippen LogP) is 1.15. The van der Waals surface area contributed by atoms with Gasteiger partial charge in [0.05, 0.1) is 11.5 Å². The average Bonchev–Trinajstić information content (AvgIpc) is 2.48. The van der Waals surface area contributed by atoms with Crippen LogP contribution < -0.4 is 15.6 Å². The quantitative estimate of drug-likeness (QED) is 0.773. The van der Waals surface area contributed by atoms with Gasteiger partial charge in [0.25, 0.3) is 0 Å². The number of rotatable bonds is 5. The van der Waals surface area contributed by atoms with Crippen molar-refractivity contribution >= 4 is 25.5 Å². The molecule has 0 radical (unpaired) electrons. The van der Waals surface area contributed by atoms with Gasteiger partial charge < -0.3 is 10.5 Å². The smallest absolute Gasteiger partial charge is 0.239 e. The van der Waals surface area contributed by atoms with Crippen molar-refractivity contribution in [3.05, 3.63) is 42.5 Å². The van der Waals surface area contributed by atoms with Gasteiger partial charge in [0.2, 0.25) is 19.9 Å². The van der Waals surface area contributed by atoms with E-state index in [0.717, 1.165) is 6.07 Å². The monoisotopic (exact) mass is 356 g/mol. The molecule has 0 aliphatic rings. The maximum Gasteiger partial charge on any atom is 0.239 e. The fourth-order valence-electron chi connectivity index (χ4n) is 2.04. The Hall–Kier alpha value is -2.10. The average molecular weight is 356 g/mol. The third-order valence-electron chi connectivity index (χ3n) is 3.00. The Morgan fingerprint density at radius 3 is 2.13 bits per heavy atom. The number of sulfonamides is 1. The molecule has 2 aromatic rings. The van der Waals surface area contributed by atoms with Crippen LogP contribution in [0, 0.1) is 0 Å². The molecule has 23 heavy (non-hydrogen) atoms. The molecule has 0 aliphatic heterocycles. The van der Waals surface area contributed by atoms with E-state index < -0.39 is 29.7 Å². The molecule has 4 N–H and O–H groups in total. The zero-order valence-corrected chi connectivity index (χ0v) is 13.9. The number of hydrogen-bond donors (Lipinski definition) is 2. The van der Waals surface area contributed by atoms with Crippen LogP contribution in [0.15, 0.2) is 57.2 Å². The summed E-state index contributed by atoms with van der Waals surface area (Å²) in [7, 11) is -8.40. The first-order valence-corrected chi connectivity index (χ1v) is 9.60. The molecule has 0 saturated heterocycles. The molecule has 0 aromatic heterocycles. The first-order valence-electron chi connectivity index (χ1n) is 6.57. The number of nitrogens with two attached hydrogens (primary N) is 2. The van der Waals surface area contributed by atoms with Crippen LogP contribution in [-0.2, 0) is 19.9 Å². The van der Waals surface area contributed by atoms with Gasteiger partial charge in [-0.2, -0.15) is 0 Å². The van der Waals surface area contributed by atoms with Crippen LogP contribution in [0.3, 0.4) is 0 Å². The van der Waals surface area contributed by atoms with E-state index in [2.05, 4.69) is 0 Å². The fourth-order valence-corrected chi connectivity index (χ4v) is 4.84. The summed E-state index contributed by atoms with van der Waals surface area (Å²) in [5.74, 6) is 0.0888. The van der Waals surface area contributed by atoms with Gasteiger partial charge in [-0.1, -0.05) is 12.1 Å². The Labute approximate surface area is 134 Å². The summed E-state index contributed by atoms with van der Waals surface area (Å²) in [6.45, 7) is 1.94. The summed E-state index contributed by atoms with van der Waals surface area (Å²) < 4.78 is 54.4. The number of hydrogen-bond acceptors (Lipinski definition) is 6. The van der Waals surface area contributed by atoms with Crippen molar-refractivity contribution in [2.24, 2.45) is 5.14 Å². The first kappa shape index (κ1) is 17.3. The number of benzene rings is 2. The Morgan fingerprint density at radius 2 is 1.57 bits per heavy atom. The molecule has 2 aromatic carbocycles. The second-order valence-electron chi connectivity index (χ2n) is 4.63. The van der Waals surface area contributed by atoms with Crippen molar-refractivity contribution in [2.75, 3.05) is 12.3 Å². The molecular weight excluding hydrogens is 340 g/mol. The van der Waals surface area contributed by atoms with Crippen LogP contribution >= 0.6 is 0 Å². The normalized spacial score (nSPS) is 12.1. The fraction of sp³-hybridized carbons (Fsp3) is 0.143. The lowest BCUT2D eigenvalue weighted by atomic mass is 10.3. The molecule has 124 valence electrons. The minimum absolute atomic E-state index is 0.0888. The minimum Gasteiger partial charge on any atom is -0.492 e. The molecule has 7 nitrogen and oxygen atoms in total. The molecule has 0 aliphatic carbocycles. The van der Waals surface area contributed by atoms with E-state index in [1.807, 2.05) is 0 Å². The van der Waals surface area contributed by atoms with E-state index in [-0.39, 0.29) is 22.9 Å². The van der Waals surface area contributed by atoms with Gasteiger partial charge in [0.1, 0.15) is 15.5 Å². The molecule has 0 amide bonds. The van der Waals surface area contributed by atoms with Gasteiger partial charge in [0.15, 0.2) is 0 Å². The minimum atomic E-state index is -4.21. The molecule has 0 bridgehead atoms. The van der Waals surface area contributed by atoms with E-state index in [1.165, 1.54) is 36.4 Å². The zero-order valence-electron chi connectivity index (χ0n) is 12.3. The molecule has 9 heteroatoms. The van der Waals surface area contributed by atoms with Crippen molar-refractivity contribution < 1.29 is 21.6 Å². The van der Waals surface area contributed by atoms with E-state index in [4.69, 9.17) is 15.6 Å². The van der Waals surface area contributed by atoms with Crippen LogP contribution in [0.2, 0.25) is 0 Å². The maximum absolute atomic E-state index is 12.9. The summed E-state index contributed by atoms with van der Waals surface area (Å²) in [5, 5.41) is 5.11. The lowest BCUT2D eigenvalue weighted by Crippen LogP contribution is -2.17. The number of anilines is 1. The Morgan fingerprint density at radius 1 is 0.957 bits per heavy atom. The Bertz CT molecular complexity index is 937. The highest BCUT2D eigenvalue weighted by Gasteiger charge is 2.28. The standard InChI is InChI=1S/C14H16N2O5S2/c1-2-21-11-8-7-10(15)9-14(11)22(17,18)12-5-3-4-6-13(12)23(16,19)20/h3-9H,2,15H2,1H3,(H2,16,19,20). The van der Waals surface area contributed by atoms with Gasteiger partial charge in [-0.15, -0.1) is 0 Å². The van der Waals surface area contributed by atoms with Crippen molar-refractivity contribution in [3.8, 4) is 5.75 Å². The molecular formula is C14H16N2O5S2. The predicted molar refractivity (Wildman–Crippen MR) is 85.3 cm³/mol. The lowest BCUT2D eigenvalue weighted by molar-refractivity contribution is 0.331. The van der Waals surface area contributed by atoms with Crippen LogP contribution in [0.4, 0.5) is 5.69 Å². The molecule has 0 unspecified atom stereocenters. The van der Waals surface area contributed by atoms with Crippen molar-refractivity contribution in [1.82, 2.24) is 0 Å². The number of nitrogen functional groups attached to an aromatic ring is 1. The van der Waals surface area contributed by atoms with Crippen molar-refractivity contribution in [1.29, 1.82) is 0 Å². The summed E-state index contributed by atoms with van der Waals surface area (Å²) in [5.41, 5.74) is 5.87. The van der Waals surface area contributed by atoms with Gasteiger partial charge in [-0.25, -0.2) is 22.0 Å². The van der Waals surface area contributed by atoms with Crippen LogP contribution in [0.25, 0.3) is 0 Å². The van der Waals surface area contributed by atoms with Gasteiger partial charge in [-0.05, 0) is 37.3 Å². The summed E-state index contributed by atoms with van der Waals surface area (Å²) in [6, 6.07) is 9.25.